The van der Waals surface area contributed by atoms with Gasteiger partial charge in [-0.2, -0.15) is 0 Å². The highest BCUT2D eigenvalue weighted by molar-refractivity contribution is 6.13. The van der Waals surface area contributed by atoms with Crippen LogP contribution >= 0.6 is 0 Å². The molecule has 0 aromatic heterocycles. The van der Waals surface area contributed by atoms with Crippen molar-refractivity contribution in [2.24, 2.45) is 0 Å². The predicted molar refractivity (Wildman–Crippen MR) is 60.3 cm³/mol. The molecule has 0 aliphatic carbocycles. The molecule has 0 unspecified atom stereocenters. The van der Waals surface area contributed by atoms with Gasteiger partial charge in [0.25, 0.3) is 5.91 Å². The summed E-state index contributed by atoms with van der Waals surface area (Å²) >= 11 is 0. The van der Waals surface area contributed by atoms with Crippen LogP contribution in [0.5, 0.6) is 0 Å². The number of carbonyl (C=O) groups excluding carboxylic acids is 4. The predicted octanol–water partition coefficient (Wildman–Crippen LogP) is -0.534. The summed E-state index contributed by atoms with van der Waals surface area (Å²) in [5.74, 6) is -0.954. The highest BCUT2D eigenvalue weighted by Crippen LogP contribution is 2.33. The monoisotopic (exact) mass is 253 g/mol. The third-order valence-electron chi connectivity index (χ3n) is 3.63. The average Bonchev–Trinajstić information content (AvgIpc) is 2.51. The number of carbonyl (C=O) groups is 4. The molecule has 0 saturated carbocycles. The molecule has 98 valence electrons. The fraction of sp³-hybridized carbons (Fsp3) is 0.636. The zero-order chi connectivity index (χ0) is 13.5. The Balaban J connectivity index is 2.25. The molecule has 0 radical (unpaired) electrons. The molecule has 0 aromatic carbocycles. The number of nitrogens with one attached hydrogen (secondary N) is 1. The van der Waals surface area contributed by atoms with Crippen molar-refractivity contribution in [2.75, 3.05) is 13.1 Å². The zero-order valence-corrected chi connectivity index (χ0v) is 10.4. The lowest BCUT2D eigenvalue weighted by Crippen LogP contribution is -2.58. The maximum absolute atomic E-state index is 11.9. The summed E-state index contributed by atoms with van der Waals surface area (Å²) < 4.78 is 0. The van der Waals surface area contributed by atoms with E-state index in [4.69, 9.17) is 0 Å². The number of piperidine rings is 1. The van der Waals surface area contributed by atoms with E-state index < -0.39 is 23.4 Å². The van der Waals surface area contributed by atoms with Gasteiger partial charge in [0.05, 0.1) is 0 Å². The van der Waals surface area contributed by atoms with E-state index in [1.54, 1.807) is 4.90 Å². The van der Waals surface area contributed by atoms with E-state index in [0.29, 0.717) is 25.9 Å². The van der Waals surface area contributed by atoms with Gasteiger partial charge in [-0.25, -0.2) is 9.69 Å². The van der Waals surface area contributed by atoms with Gasteiger partial charge < -0.3 is 4.90 Å². The smallest absolute Gasteiger partial charge is 0.331 e. The second-order valence-electron chi connectivity index (χ2n) is 4.65. The number of likely N-dealkylation sites (tertiary alicyclic amines) is 1. The maximum atomic E-state index is 11.9. The number of urea groups is 1. The van der Waals surface area contributed by atoms with Crippen molar-refractivity contribution >= 4 is 23.8 Å². The Bertz CT molecular complexity index is 438. The molecule has 5 amide bonds. The second-order valence-corrected chi connectivity index (χ2v) is 4.65. The molecular formula is C11H15N3O4. The molecule has 2 fully saturated rings. The van der Waals surface area contributed by atoms with Crippen molar-refractivity contribution in [2.45, 2.75) is 32.2 Å². The summed E-state index contributed by atoms with van der Waals surface area (Å²) in [5, 5.41) is 2.18. The summed E-state index contributed by atoms with van der Waals surface area (Å²) in [4.78, 5) is 48.9. The minimum Gasteiger partial charge on any atom is -0.343 e. The summed E-state index contributed by atoms with van der Waals surface area (Å²) in [5.41, 5.74) is -1.10. The van der Waals surface area contributed by atoms with E-state index in [2.05, 4.69) is 5.32 Å². The fourth-order valence-corrected chi connectivity index (χ4v) is 2.65. The average molecular weight is 253 g/mol. The minimum atomic E-state index is -1.10. The molecule has 2 aliphatic rings. The third kappa shape index (κ3) is 1.66. The molecule has 2 saturated heterocycles. The summed E-state index contributed by atoms with van der Waals surface area (Å²) in [7, 11) is 0. The standard InChI is InChI=1S/C11H15N3O4/c1-7(15)13-5-3-11(4-6-13)9(17)12-10(18)14(11)8(2)16/h3-6H2,1-2H3,(H,12,17,18). The van der Waals surface area contributed by atoms with E-state index >= 15 is 0 Å². The number of hydrogen-bond donors (Lipinski definition) is 1. The molecule has 0 aromatic rings. The first-order valence-electron chi connectivity index (χ1n) is 5.80. The highest BCUT2D eigenvalue weighted by Gasteiger charge is 2.55. The van der Waals surface area contributed by atoms with E-state index in [0.717, 1.165) is 4.90 Å². The van der Waals surface area contributed by atoms with Gasteiger partial charge >= 0.3 is 6.03 Å². The van der Waals surface area contributed by atoms with Crippen LogP contribution in [0.1, 0.15) is 26.7 Å². The topological polar surface area (TPSA) is 86.8 Å². The summed E-state index contributed by atoms with van der Waals surface area (Å²) in [6.07, 6.45) is 0.591. The minimum absolute atomic E-state index is 0.0658. The Labute approximate surface area is 104 Å². The van der Waals surface area contributed by atoms with Gasteiger partial charge in [-0.05, 0) is 12.8 Å². The number of hydrogen-bond acceptors (Lipinski definition) is 4. The Morgan fingerprint density at radius 1 is 1.11 bits per heavy atom. The molecule has 0 bridgehead atoms. The van der Waals surface area contributed by atoms with Crippen LogP contribution in [0, 0.1) is 0 Å². The first-order chi connectivity index (χ1) is 8.38. The van der Waals surface area contributed by atoms with Crippen molar-refractivity contribution in [1.29, 1.82) is 0 Å². The van der Waals surface area contributed by atoms with Gasteiger partial charge in [-0.15, -0.1) is 0 Å². The summed E-state index contributed by atoms with van der Waals surface area (Å²) in [6, 6.07) is -0.663. The first kappa shape index (κ1) is 12.5. The quantitative estimate of drug-likeness (QED) is 0.588. The van der Waals surface area contributed by atoms with Crippen LogP contribution in [0.2, 0.25) is 0 Å². The zero-order valence-electron chi connectivity index (χ0n) is 10.4. The SMILES string of the molecule is CC(=O)N1CCC2(CC1)C(=O)NC(=O)N2C(C)=O. The van der Waals surface area contributed by atoms with Crippen molar-refractivity contribution in [3.63, 3.8) is 0 Å². The van der Waals surface area contributed by atoms with E-state index in [-0.39, 0.29) is 5.91 Å². The van der Waals surface area contributed by atoms with Crippen LogP contribution in [-0.2, 0) is 14.4 Å². The lowest BCUT2D eigenvalue weighted by Gasteiger charge is -2.40. The highest BCUT2D eigenvalue weighted by atomic mass is 16.2. The van der Waals surface area contributed by atoms with Crippen LogP contribution in [0.25, 0.3) is 0 Å². The van der Waals surface area contributed by atoms with Crippen molar-refractivity contribution in [3.05, 3.63) is 0 Å². The molecular weight excluding hydrogens is 238 g/mol. The van der Waals surface area contributed by atoms with Gasteiger partial charge in [0, 0.05) is 26.9 Å². The number of nitrogens with zero attached hydrogens (tertiary/aromatic N) is 2. The van der Waals surface area contributed by atoms with Crippen LogP contribution in [0.3, 0.4) is 0 Å². The van der Waals surface area contributed by atoms with Crippen LogP contribution in [-0.4, -0.2) is 52.2 Å². The second kappa shape index (κ2) is 4.08. The van der Waals surface area contributed by atoms with Crippen LogP contribution < -0.4 is 5.32 Å². The van der Waals surface area contributed by atoms with Gasteiger partial charge in [0.15, 0.2) is 0 Å². The molecule has 7 nitrogen and oxygen atoms in total. The molecule has 1 spiro atoms. The van der Waals surface area contributed by atoms with E-state index in [9.17, 15) is 19.2 Å². The Morgan fingerprint density at radius 2 is 1.67 bits per heavy atom. The van der Waals surface area contributed by atoms with E-state index in [1.807, 2.05) is 0 Å². The molecule has 7 heteroatoms. The lowest BCUT2D eigenvalue weighted by atomic mass is 9.86. The van der Waals surface area contributed by atoms with Gasteiger partial charge in [0.1, 0.15) is 5.54 Å². The largest absolute Gasteiger partial charge is 0.343 e. The van der Waals surface area contributed by atoms with Crippen LogP contribution in [0.15, 0.2) is 0 Å². The molecule has 2 heterocycles. The molecule has 1 N–H and O–H groups in total. The van der Waals surface area contributed by atoms with Gasteiger partial charge in [0.2, 0.25) is 11.8 Å². The summed E-state index contributed by atoms with van der Waals surface area (Å²) in [6.45, 7) is 3.47. The number of imide groups is 2. The van der Waals surface area contributed by atoms with E-state index in [1.165, 1.54) is 13.8 Å². The Kier molecular flexibility index (Phi) is 2.84. The third-order valence-corrected chi connectivity index (χ3v) is 3.63. The van der Waals surface area contributed by atoms with Crippen molar-refractivity contribution < 1.29 is 19.2 Å². The Morgan fingerprint density at radius 3 is 2.11 bits per heavy atom. The maximum Gasteiger partial charge on any atom is 0.331 e. The molecule has 0 atom stereocenters. The van der Waals surface area contributed by atoms with Gasteiger partial charge in [-0.3, -0.25) is 19.7 Å². The molecule has 2 aliphatic heterocycles. The lowest BCUT2D eigenvalue weighted by molar-refractivity contribution is -0.142. The normalized spacial score (nSPS) is 22.3. The molecule has 2 rings (SSSR count). The number of amides is 5. The fourth-order valence-electron chi connectivity index (χ4n) is 2.65. The first-order valence-corrected chi connectivity index (χ1v) is 5.80. The van der Waals surface area contributed by atoms with Crippen molar-refractivity contribution in [3.8, 4) is 0 Å². The van der Waals surface area contributed by atoms with Crippen LogP contribution in [0.4, 0.5) is 4.79 Å². The molecule has 18 heavy (non-hydrogen) atoms. The number of rotatable bonds is 0. The van der Waals surface area contributed by atoms with Gasteiger partial charge in [-0.1, -0.05) is 0 Å². The van der Waals surface area contributed by atoms with Crippen molar-refractivity contribution in [1.82, 2.24) is 15.1 Å². The Hall–Kier alpha value is -1.92.